The number of carbonyl (C=O) groups excluding carboxylic acids is 1. The summed E-state index contributed by atoms with van der Waals surface area (Å²) in [4.78, 5) is 12.7. The first-order valence-corrected chi connectivity index (χ1v) is 13.2. The van der Waals surface area contributed by atoms with E-state index in [4.69, 9.17) is 4.74 Å². The number of ether oxygens (including phenoxy) is 1. The van der Waals surface area contributed by atoms with Crippen LogP contribution in [0.5, 0.6) is 0 Å². The van der Waals surface area contributed by atoms with Crippen molar-refractivity contribution in [1.82, 2.24) is 15.1 Å². The van der Waals surface area contributed by atoms with E-state index in [-0.39, 0.29) is 17.8 Å². The molecule has 168 valence electrons. The molecule has 2 heterocycles. The smallest absolute Gasteiger partial charge is 0.359 e. The summed E-state index contributed by atoms with van der Waals surface area (Å²) in [6, 6.07) is 0. The minimum atomic E-state index is -3.12. The molecule has 10 heteroatoms. The standard InChI is InChI=1S/C20H30BrN3O5S/c1-19(2,26)12-24-15-10-22-7-3-14(15)17(23-24)18(25)29-8-4-13-9-16(13)30(27,28)20(11-21)5-6-20/h13,16,22,26H,3-12H2,1-2H3. The van der Waals surface area contributed by atoms with Gasteiger partial charge in [0.25, 0.3) is 0 Å². The van der Waals surface area contributed by atoms with Crippen molar-refractivity contribution >= 4 is 31.7 Å². The van der Waals surface area contributed by atoms with Gasteiger partial charge in [-0.2, -0.15) is 5.10 Å². The van der Waals surface area contributed by atoms with Crippen molar-refractivity contribution in [2.24, 2.45) is 5.92 Å². The van der Waals surface area contributed by atoms with E-state index in [0.29, 0.717) is 43.4 Å². The van der Waals surface area contributed by atoms with Crippen molar-refractivity contribution in [2.75, 3.05) is 18.5 Å². The van der Waals surface area contributed by atoms with E-state index in [1.807, 2.05) is 0 Å². The van der Waals surface area contributed by atoms with Gasteiger partial charge in [-0.3, -0.25) is 4.68 Å². The Morgan fingerprint density at radius 3 is 2.80 bits per heavy atom. The molecule has 1 aromatic rings. The van der Waals surface area contributed by atoms with Crippen LogP contribution in [0.1, 0.15) is 61.3 Å². The Morgan fingerprint density at radius 1 is 1.43 bits per heavy atom. The highest BCUT2D eigenvalue weighted by molar-refractivity contribution is 9.09. The number of nitrogens with one attached hydrogen (secondary N) is 1. The fraction of sp³-hybridized carbons (Fsp3) is 0.800. The number of hydrogen-bond donors (Lipinski definition) is 2. The van der Waals surface area contributed by atoms with E-state index in [0.717, 1.165) is 30.6 Å². The number of rotatable bonds is 9. The first-order chi connectivity index (χ1) is 14.1. The van der Waals surface area contributed by atoms with Gasteiger partial charge >= 0.3 is 5.97 Å². The molecule has 30 heavy (non-hydrogen) atoms. The molecule has 0 bridgehead atoms. The summed E-state index contributed by atoms with van der Waals surface area (Å²) in [7, 11) is -3.12. The van der Waals surface area contributed by atoms with E-state index in [9.17, 15) is 18.3 Å². The summed E-state index contributed by atoms with van der Waals surface area (Å²) in [5, 5.41) is 18.1. The Bertz CT molecular complexity index is 933. The van der Waals surface area contributed by atoms with Crippen molar-refractivity contribution in [2.45, 2.75) is 74.6 Å². The molecule has 1 aromatic heterocycles. The second-order valence-electron chi connectivity index (χ2n) is 9.49. The van der Waals surface area contributed by atoms with Crippen LogP contribution in [0.25, 0.3) is 0 Å². The number of sulfone groups is 1. The maximum Gasteiger partial charge on any atom is 0.359 e. The summed E-state index contributed by atoms with van der Waals surface area (Å²) in [5.74, 6) is -0.396. The van der Waals surface area contributed by atoms with Gasteiger partial charge in [0, 0.05) is 17.4 Å². The van der Waals surface area contributed by atoms with Crippen molar-refractivity contribution in [3.05, 3.63) is 17.0 Å². The molecule has 0 amide bonds. The summed E-state index contributed by atoms with van der Waals surface area (Å²) >= 11 is 3.36. The van der Waals surface area contributed by atoms with Gasteiger partial charge in [-0.1, -0.05) is 15.9 Å². The molecule has 0 spiro atoms. The molecule has 2 fully saturated rings. The zero-order valence-electron chi connectivity index (χ0n) is 17.5. The van der Waals surface area contributed by atoms with E-state index < -0.39 is 26.2 Å². The van der Waals surface area contributed by atoms with Crippen molar-refractivity contribution in [1.29, 1.82) is 0 Å². The normalized spacial score (nSPS) is 24.9. The maximum atomic E-state index is 12.7. The third-order valence-electron chi connectivity index (χ3n) is 6.37. The first-order valence-electron chi connectivity index (χ1n) is 10.6. The van der Waals surface area contributed by atoms with Gasteiger partial charge in [-0.05, 0) is 58.4 Å². The highest BCUT2D eigenvalue weighted by Gasteiger charge is 2.61. The number of nitrogens with zero attached hydrogens (tertiary/aromatic N) is 2. The lowest BCUT2D eigenvalue weighted by molar-refractivity contribution is 0.0469. The molecule has 8 nitrogen and oxygen atoms in total. The lowest BCUT2D eigenvalue weighted by atomic mass is 10.1. The Hall–Kier alpha value is -0.970. The van der Waals surface area contributed by atoms with Crippen LogP contribution in [0, 0.1) is 5.92 Å². The Labute approximate surface area is 185 Å². The van der Waals surface area contributed by atoms with Crippen LogP contribution in [-0.2, 0) is 34.1 Å². The number of alkyl halides is 1. The van der Waals surface area contributed by atoms with Gasteiger partial charge in [0.05, 0.1) is 34.4 Å². The molecular formula is C20H30BrN3O5S. The minimum Gasteiger partial charge on any atom is -0.461 e. The summed E-state index contributed by atoms with van der Waals surface area (Å²) < 4.78 is 32.1. The lowest BCUT2D eigenvalue weighted by Gasteiger charge is -2.21. The quantitative estimate of drug-likeness (QED) is 0.388. The summed E-state index contributed by atoms with van der Waals surface area (Å²) in [6.07, 6.45) is 3.39. The molecule has 0 aromatic carbocycles. The third kappa shape index (κ3) is 4.20. The fourth-order valence-corrected chi connectivity index (χ4v) is 8.43. The number of carbonyl (C=O) groups is 1. The van der Waals surface area contributed by atoms with Gasteiger partial charge in [0.1, 0.15) is 0 Å². The monoisotopic (exact) mass is 503 g/mol. The van der Waals surface area contributed by atoms with E-state index in [1.165, 1.54) is 0 Å². The van der Waals surface area contributed by atoms with Crippen LogP contribution in [0.4, 0.5) is 0 Å². The molecule has 0 saturated heterocycles. The number of hydrogen-bond acceptors (Lipinski definition) is 7. The molecule has 2 aliphatic carbocycles. The molecule has 2 saturated carbocycles. The molecule has 4 rings (SSSR count). The molecule has 3 aliphatic rings. The summed E-state index contributed by atoms with van der Waals surface area (Å²) in [5.41, 5.74) is 1.15. The van der Waals surface area contributed by atoms with Crippen molar-refractivity contribution in [3.63, 3.8) is 0 Å². The maximum absolute atomic E-state index is 12.7. The van der Waals surface area contributed by atoms with Crippen LogP contribution in [-0.4, -0.2) is 63.4 Å². The molecular weight excluding hydrogens is 474 g/mol. The third-order valence-corrected chi connectivity index (χ3v) is 11.0. The second kappa shape index (κ2) is 7.86. The zero-order valence-corrected chi connectivity index (χ0v) is 19.9. The van der Waals surface area contributed by atoms with Gasteiger partial charge in [0.2, 0.25) is 0 Å². The number of esters is 1. The average molecular weight is 504 g/mol. The largest absolute Gasteiger partial charge is 0.461 e. The molecule has 0 radical (unpaired) electrons. The molecule has 1 aliphatic heterocycles. The first kappa shape index (κ1) is 22.2. The van der Waals surface area contributed by atoms with E-state index >= 15 is 0 Å². The predicted molar refractivity (Wildman–Crippen MR) is 115 cm³/mol. The Balaban J connectivity index is 1.35. The molecule has 2 atom stereocenters. The second-order valence-corrected chi connectivity index (χ2v) is 12.6. The molecule has 2 N–H and O–H groups in total. The zero-order chi connectivity index (χ0) is 21.7. The number of fused-ring (bicyclic) bond motifs is 1. The Kier molecular flexibility index (Phi) is 5.83. The van der Waals surface area contributed by atoms with E-state index in [1.54, 1.807) is 18.5 Å². The number of aromatic nitrogens is 2. The molecule has 2 unspecified atom stereocenters. The highest BCUT2D eigenvalue weighted by Crippen LogP contribution is 2.53. The van der Waals surface area contributed by atoms with Crippen LogP contribution in [0.15, 0.2) is 0 Å². The number of halogens is 1. The van der Waals surface area contributed by atoms with Gasteiger partial charge in [-0.15, -0.1) is 0 Å². The van der Waals surface area contributed by atoms with Gasteiger partial charge < -0.3 is 15.2 Å². The van der Waals surface area contributed by atoms with Gasteiger partial charge in [0.15, 0.2) is 15.5 Å². The van der Waals surface area contributed by atoms with Crippen LogP contribution in [0.2, 0.25) is 0 Å². The SMILES string of the molecule is CC(C)(O)Cn1nc(C(=O)OCCC2CC2S(=O)(=O)C2(CBr)CC2)c2c1CNCC2. The van der Waals surface area contributed by atoms with Crippen molar-refractivity contribution < 1.29 is 23.1 Å². The average Bonchev–Trinajstić information content (AvgIpc) is 3.58. The summed E-state index contributed by atoms with van der Waals surface area (Å²) in [6.45, 7) is 5.26. The Morgan fingerprint density at radius 2 is 2.17 bits per heavy atom. The van der Waals surface area contributed by atoms with Crippen LogP contribution in [0.3, 0.4) is 0 Å². The lowest BCUT2D eigenvalue weighted by Crippen LogP contribution is -2.31. The van der Waals surface area contributed by atoms with Crippen LogP contribution >= 0.6 is 15.9 Å². The van der Waals surface area contributed by atoms with Crippen molar-refractivity contribution in [3.8, 4) is 0 Å². The highest BCUT2D eigenvalue weighted by atomic mass is 79.9. The van der Waals surface area contributed by atoms with E-state index in [2.05, 4.69) is 26.3 Å². The number of aliphatic hydroxyl groups is 1. The predicted octanol–water partition coefficient (Wildman–Crippen LogP) is 1.58. The fourth-order valence-electron chi connectivity index (χ4n) is 4.31. The van der Waals surface area contributed by atoms with Gasteiger partial charge in [-0.25, -0.2) is 13.2 Å². The minimum absolute atomic E-state index is 0.0742. The van der Waals surface area contributed by atoms with Crippen LogP contribution < -0.4 is 5.32 Å². The topological polar surface area (TPSA) is 111 Å².